The van der Waals surface area contributed by atoms with Crippen molar-refractivity contribution in [1.29, 1.82) is 0 Å². The Morgan fingerprint density at radius 2 is 1.87 bits per heavy atom. The monoisotopic (exact) mass is 454 g/mol. The molecule has 2 rings (SSSR count). The largest absolute Gasteiger partial charge is 0.508 e. The Labute approximate surface area is 187 Å². The van der Waals surface area contributed by atoms with E-state index >= 15 is 0 Å². The fraction of sp³-hybridized carbons (Fsp3) is 0.478. The van der Waals surface area contributed by atoms with Crippen LogP contribution in [-0.2, 0) is 6.42 Å². The van der Waals surface area contributed by atoms with Crippen LogP contribution in [0.1, 0.15) is 79.7 Å². The number of halogens is 2. The predicted molar refractivity (Wildman–Crippen MR) is 119 cm³/mol. The molecule has 7 heteroatoms. The van der Waals surface area contributed by atoms with Crippen molar-refractivity contribution in [3.05, 3.63) is 46.1 Å². The summed E-state index contributed by atoms with van der Waals surface area (Å²) in [4.78, 5) is 23.8. The van der Waals surface area contributed by atoms with Gasteiger partial charge in [0.2, 0.25) is 0 Å². The third-order valence-corrected chi connectivity index (χ3v) is 5.82. The summed E-state index contributed by atoms with van der Waals surface area (Å²) in [6.07, 6.45) is 6.52. The lowest BCUT2D eigenvalue weighted by Gasteiger charge is -2.40. The van der Waals surface area contributed by atoms with E-state index < -0.39 is 22.2 Å². The number of rotatable bonds is 8. The standard InChI is InChI=1S/C23H28Cl2O5/c1-13(2)7-5-8-14(3)9-6-10-23(4)18(27)12-15-17(26)11-16(21(24)28)19(22(25)29)20(15)30-23/h7,9,11,18,26-27H,5-6,8,10,12H2,1-4H3. The summed E-state index contributed by atoms with van der Waals surface area (Å²) < 4.78 is 6.03. The van der Waals surface area contributed by atoms with Gasteiger partial charge in [0.05, 0.1) is 17.2 Å². The number of hydrogen-bond acceptors (Lipinski definition) is 5. The lowest BCUT2D eigenvalue weighted by molar-refractivity contribution is -0.0595. The molecular weight excluding hydrogens is 427 g/mol. The highest BCUT2D eigenvalue weighted by Gasteiger charge is 2.43. The van der Waals surface area contributed by atoms with Crippen LogP contribution in [0.2, 0.25) is 0 Å². The molecular formula is C23H28Cl2O5. The average molecular weight is 455 g/mol. The van der Waals surface area contributed by atoms with Gasteiger partial charge >= 0.3 is 0 Å². The van der Waals surface area contributed by atoms with Gasteiger partial charge in [0.25, 0.3) is 10.5 Å². The molecule has 2 atom stereocenters. The molecule has 164 valence electrons. The molecule has 0 spiro atoms. The van der Waals surface area contributed by atoms with Crippen molar-refractivity contribution in [2.24, 2.45) is 0 Å². The predicted octanol–water partition coefficient (Wildman–Crippen LogP) is 5.68. The molecule has 0 radical (unpaired) electrons. The second-order valence-electron chi connectivity index (χ2n) is 8.22. The zero-order valence-electron chi connectivity index (χ0n) is 17.7. The SMILES string of the molecule is CC(C)=CCCC(C)=CCCC1(C)Oc2c(c(O)cc(C(=O)Cl)c2C(=O)Cl)CC1O. The quantitative estimate of drug-likeness (QED) is 0.389. The van der Waals surface area contributed by atoms with Gasteiger partial charge in [-0.3, -0.25) is 9.59 Å². The second kappa shape index (κ2) is 9.99. The van der Waals surface area contributed by atoms with Gasteiger partial charge < -0.3 is 14.9 Å². The Morgan fingerprint density at radius 1 is 1.20 bits per heavy atom. The first-order valence-corrected chi connectivity index (χ1v) is 10.7. The number of allylic oxidation sites excluding steroid dienone is 4. The van der Waals surface area contributed by atoms with E-state index in [-0.39, 0.29) is 34.6 Å². The highest BCUT2D eigenvalue weighted by Crippen LogP contribution is 2.44. The van der Waals surface area contributed by atoms with Crippen LogP contribution in [0.5, 0.6) is 11.5 Å². The number of fused-ring (bicyclic) bond motifs is 1. The summed E-state index contributed by atoms with van der Waals surface area (Å²) in [6.45, 7) is 7.94. The Hall–Kier alpha value is -1.82. The van der Waals surface area contributed by atoms with Crippen LogP contribution in [0.25, 0.3) is 0 Å². The Bertz CT molecular complexity index is 899. The van der Waals surface area contributed by atoms with Gasteiger partial charge in [-0.25, -0.2) is 0 Å². The topological polar surface area (TPSA) is 83.8 Å². The van der Waals surface area contributed by atoms with E-state index in [0.29, 0.717) is 12.8 Å². The van der Waals surface area contributed by atoms with E-state index in [1.807, 2.05) is 0 Å². The zero-order valence-corrected chi connectivity index (χ0v) is 19.2. The van der Waals surface area contributed by atoms with Crippen LogP contribution in [0.15, 0.2) is 29.4 Å². The van der Waals surface area contributed by atoms with Crippen LogP contribution in [-0.4, -0.2) is 32.4 Å². The van der Waals surface area contributed by atoms with E-state index in [2.05, 4.69) is 32.9 Å². The van der Waals surface area contributed by atoms with Crippen LogP contribution in [0.4, 0.5) is 0 Å². The van der Waals surface area contributed by atoms with Crippen LogP contribution in [0.3, 0.4) is 0 Å². The van der Waals surface area contributed by atoms with Crippen LogP contribution < -0.4 is 4.74 Å². The van der Waals surface area contributed by atoms with Gasteiger partial charge in [-0.1, -0.05) is 23.3 Å². The summed E-state index contributed by atoms with van der Waals surface area (Å²) in [6, 6.07) is 1.08. The molecule has 0 aromatic heterocycles. The third kappa shape index (κ3) is 5.65. The number of carbonyl (C=O) groups is 2. The van der Waals surface area contributed by atoms with E-state index in [1.165, 1.54) is 11.1 Å². The number of aromatic hydroxyl groups is 1. The van der Waals surface area contributed by atoms with Crippen molar-refractivity contribution < 1.29 is 24.5 Å². The molecule has 2 unspecified atom stereocenters. The fourth-order valence-electron chi connectivity index (χ4n) is 3.57. The summed E-state index contributed by atoms with van der Waals surface area (Å²) in [5, 5.41) is 19.1. The summed E-state index contributed by atoms with van der Waals surface area (Å²) >= 11 is 11.3. The summed E-state index contributed by atoms with van der Waals surface area (Å²) in [7, 11) is 0. The molecule has 0 bridgehead atoms. The molecule has 0 saturated carbocycles. The number of benzene rings is 1. The maximum atomic E-state index is 12.0. The molecule has 1 aromatic carbocycles. The molecule has 0 fully saturated rings. The normalized spacial score (nSPS) is 20.9. The van der Waals surface area contributed by atoms with Crippen molar-refractivity contribution in [3.8, 4) is 11.5 Å². The molecule has 0 amide bonds. The Morgan fingerprint density at radius 3 is 2.43 bits per heavy atom. The number of hydrogen-bond donors (Lipinski definition) is 2. The fourth-order valence-corrected chi connectivity index (χ4v) is 3.91. The van der Waals surface area contributed by atoms with E-state index in [1.54, 1.807) is 6.92 Å². The highest BCUT2D eigenvalue weighted by atomic mass is 35.5. The van der Waals surface area contributed by atoms with Gasteiger partial charge in [0.1, 0.15) is 17.1 Å². The van der Waals surface area contributed by atoms with Gasteiger partial charge in [-0.05, 0) is 82.6 Å². The number of phenols is 1. The summed E-state index contributed by atoms with van der Waals surface area (Å²) in [5.74, 6) is -0.261. The molecule has 5 nitrogen and oxygen atoms in total. The molecule has 2 N–H and O–H groups in total. The number of aliphatic hydroxyl groups excluding tert-OH is 1. The first-order valence-electron chi connectivity index (χ1n) is 9.91. The number of aliphatic hydroxyl groups is 1. The van der Waals surface area contributed by atoms with Crippen LogP contribution in [0, 0.1) is 0 Å². The maximum absolute atomic E-state index is 12.0. The first-order chi connectivity index (χ1) is 14.0. The van der Waals surface area contributed by atoms with E-state index in [4.69, 9.17) is 27.9 Å². The lowest BCUT2D eigenvalue weighted by atomic mass is 9.84. The van der Waals surface area contributed by atoms with Gasteiger partial charge in [0.15, 0.2) is 0 Å². The Kier molecular flexibility index (Phi) is 8.14. The summed E-state index contributed by atoms with van der Waals surface area (Å²) in [5.41, 5.74) is 1.34. The Balaban J connectivity index is 2.27. The smallest absolute Gasteiger partial charge is 0.256 e. The lowest BCUT2D eigenvalue weighted by Crippen LogP contribution is -2.49. The minimum Gasteiger partial charge on any atom is -0.508 e. The molecule has 1 aromatic rings. The molecule has 1 aliphatic rings. The number of carbonyl (C=O) groups excluding carboxylic acids is 2. The molecule has 1 aliphatic heterocycles. The van der Waals surface area contributed by atoms with Gasteiger partial charge in [0, 0.05) is 12.0 Å². The minimum atomic E-state index is -1.02. The van der Waals surface area contributed by atoms with Gasteiger partial charge in [-0.2, -0.15) is 0 Å². The van der Waals surface area contributed by atoms with E-state index in [0.717, 1.165) is 18.9 Å². The van der Waals surface area contributed by atoms with Crippen molar-refractivity contribution in [2.75, 3.05) is 0 Å². The van der Waals surface area contributed by atoms with E-state index in [9.17, 15) is 19.8 Å². The van der Waals surface area contributed by atoms with Crippen LogP contribution >= 0.6 is 23.2 Å². The third-order valence-electron chi connectivity index (χ3n) is 5.43. The molecule has 0 aliphatic carbocycles. The molecule has 30 heavy (non-hydrogen) atoms. The van der Waals surface area contributed by atoms with Crippen molar-refractivity contribution in [2.45, 2.75) is 71.5 Å². The maximum Gasteiger partial charge on any atom is 0.256 e. The molecule has 1 heterocycles. The highest BCUT2D eigenvalue weighted by molar-refractivity contribution is 6.72. The molecule has 0 saturated heterocycles. The van der Waals surface area contributed by atoms with Crippen molar-refractivity contribution >= 4 is 33.7 Å². The minimum absolute atomic E-state index is 0.0102. The second-order valence-corrected chi connectivity index (χ2v) is 8.90. The van der Waals surface area contributed by atoms with Gasteiger partial charge in [-0.15, -0.1) is 0 Å². The first kappa shape index (κ1) is 24.4. The van der Waals surface area contributed by atoms with Crippen molar-refractivity contribution in [1.82, 2.24) is 0 Å². The zero-order chi connectivity index (χ0) is 22.6. The number of ether oxygens (including phenoxy) is 1. The average Bonchev–Trinajstić information content (AvgIpc) is 2.62. The number of phenolic OH excluding ortho intramolecular Hbond substituents is 1. The van der Waals surface area contributed by atoms with Crippen molar-refractivity contribution in [3.63, 3.8) is 0 Å².